The molecule has 1 aliphatic carbocycles. The number of thiazole rings is 1. The van der Waals surface area contributed by atoms with Gasteiger partial charge in [-0.1, -0.05) is 12.8 Å². The van der Waals surface area contributed by atoms with Gasteiger partial charge in [0.2, 0.25) is 5.91 Å². The van der Waals surface area contributed by atoms with Crippen molar-refractivity contribution in [1.82, 2.24) is 9.88 Å². The van der Waals surface area contributed by atoms with Crippen LogP contribution in [0.3, 0.4) is 0 Å². The van der Waals surface area contributed by atoms with E-state index in [1.807, 2.05) is 13.8 Å². The number of likely N-dealkylation sites (tertiary alicyclic amines) is 1. The van der Waals surface area contributed by atoms with Crippen molar-refractivity contribution in [2.75, 3.05) is 5.32 Å². The molecule has 1 atom stereocenters. The molecule has 0 spiro atoms. The lowest BCUT2D eigenvalue weighted by Crippen LogP contribution is -2.40. The lowest BCUT2D eigenvalue weighted by molar-refractivity contribution is -0.141. The van der Waals surface area contributed by atoms with Gasteiger partial charge in [0.1, 0.15) is 6.04 Å². The Morgan fingerprint density at radius 2 is 1.95 bits per heavy atom. The number of carbonyl (C=O) groups is 2. The van der Waals surface area contributed by atoms with Crippen LogP contribution in [0.25, 0.3) is 0 Å². The van der Waals surface area contributed by atoms with E-state index in [4.69, 9.17) is 0 Å². The van der Waals surface area contributed by atoms with Crippen LogP contribution in [-0.4, -0.2) is 33.8 Å². The molecule has 1 N–H and O–H groups in total. The smallest absolute Gasteiger partial charge is 0.252 e. The largest absolute Gasteiger partial charge is 0.349 e. The fraction of sp³-hybridized carbons (Fsp3) is 0.643. The van der Waals surface area contributed by atoms with Crippen molar-refractivity contribution in [3.05, 3.63) is 10.6 Å². The number of hydrogen-bond acceptors (Lipinski definition) is 5. The van der Waals surface area contributed by atoms with Crippen molar-refractivity contribution >= 4 is 28.3 Å². The Kier molecular flexibility index (Phi) is 3.50. The van der Waals surface area contributed by atoms with E-state index in [0.717, 1.165) is 41.4 Å². The Hall–Kier alpha value is -1.43. The third-order valence-corrected chi connectivity index (χ3v) is 5.20. The summed E-state index contributed by atoms with van der Waals surface area (Å²) in [4.78, 5) is 31.5. The molecular formula is C14H19N3O2S. The minimum Gasteiger partial charge on any atom is -0.349 e. The first-order valence-corrected chi connectivity index (χ1v) is 7.94. The number of carbonyl (C=O) groups excluding carboxylic acids is 2. The molecule has 1 saturated heterocycles. The molecule has 2 heterocycles. The maximum atomic E-state index is 12.4. The van der Waals surface area contributed by atoms with E-state index in [1.54, 1.807) is 0 Å². The van der Waals surface area contributed by atoms with Gasteiger partial charge in [-0.3, -0.25) is 14.5 Å². The number of aromatic nitrogens is 1. The number of anilines is 1. The summed E-state index contributed by atoms with van der Waals surface area (Å²) in [6.45, 7) is 3.95. The summed E-state index contributed by atoms with van der Waals surface area (Å²) in [5.74, 6) is -0.114. The van der Waals surface area contributed by atoms with E-state index >= 15 is 0 Å². The highest BCUT2D eigenvalue weighted by Gasteiger charge is 2.43. The summed E-state index contributed by atoms with van der Waals surface area (Å²) < 4.78 is 0. The van der Waals surface area contributed by atoms with Gasteiger partial charge in [-0.15, -0.1) is 11.3 Å². The highest BCUT2D eigenvalue weighted by atomic mass is 32.1. The Labute approximate surface area is 122 Å². The van der Waals surface area contributed by atoms with E-state index < -0.39 is 6.04 Å². The highest BCUT2D eigenvalue weighted by Crippen LogP contribution is 2.30. The molecule has 0 radical (unpaired) electrons. The van der Waals surface area contributed by atoms with Crippen LogP contribution in [0.5, 0.6) is 0 Å². The van der Waals surface area contributed by atoms with Crippen LogP contribution >= 0.6 is 11.3 Å². The second-order valence-corrected chi connectivity index (χ2v) is 6.81. The number of nitrogens with one attached hydrogen (secondary N) is 1. The Balaban J connectivity index is 1.72. The van der Waals surface area contributed by atoms with Crippen LogP contribution in [-0.2, 0) is 9.59 Å². The zero-order valence-electron chi connectivity index (χ0n) is 11.8. The topological polar surface area (TPSA) is 62.3 Å². The van der Waals surface area contributed by atoms with Crippen LogP contribution in [0.1, 0.15) is 42.7 Å². The number of amides is 2. The molecule has 0 aromatic carbocycles. The van der Waals surface area contributed by atoms with Crippen LogP contribution < -0.4 is 5.32 Å². The fourth-order valence-corrected chi connectivity index (χ4v) is 3.86. The van der Waals surface area contributed by atoms with Gasteiger partial charge in [0.15, 0.2) is 5.13 Å². The molecule has 20 heavy (non-hydrogen) atoms. The van der Waals surface area contributed by atoms with Gasteiger partial charge in [-0.25, -0.2) is 4.98 Å². The first-order valence-electron chi connectivity index (χ1n) is 7.12. The molecule has 2 amide bonds. The lowest BCUT2D eigenvalue weighted by Gasteiger charge is -2.22. The van der Waals surface area contributed by atoms with Crippen LogP contribution in [0.15, 0.2) is 0 Å². The molecule has 2 fully saturated rings. The summed E-state index contributed by atoms with van der Waals surface area (Å²) in [5, 5.41) is 3.87. The van der Waals surface area contributed by atoms with Gasteiger partial charge in [0.05, 0.1) is 12.1 Å². The highest BCUT2D eigenvalue weighted by molar-refractivity contribution is 7.15. The summed E-state index contributed by atoms with van der Waals surface area (Å²) in [6, 6.07) is -0.311. The maximum absolute atomic E-state index is 12.4. The molecule has 6 heteroatoms. The van der Waals surface area contributed by atoms with E-state index in [9.17, 15) is 9.59 Å². The van der Waals surface area contributed by atoms with E-state index in [2.05, 4.69) is 10.3 Å². The molecule has 1 aromatic heterocycles. The number of nitrogens with zero attached hydrogens (tertiary/aromatic N) is 2. The zero-order valence-corrected chi connectivity index (χ0v) is 12.6. The molecule has 0 bridgehead atoms. The average molecular weight is 293 g/mol. The molecule has 1 aromatic rings. The zero-order chi connectivity index (χ0) is 14.3. The number of rotatable bonds is 3. The molecule has 1 unspecified atom stereocenters. The van der Waals surface area contributed by atoms with E-state index in [-0.39, 0.29) is 24.3 Å². The maximum Gasteiger partial charge on any atom is 0.252 e. The van der Waals surface area contributed by atoms with E-state index in [1.165, 1.54) is 16.2 Å². The van der Waals surface area contributed by atoms with Crippen molar-refractivity contribution in [2.45, 2.75) is 58.0 Å². The summed E-state index contributed by atoms with van der Waals surface area (Å²) >= 11 is 1.53. The quantitative estimate of drug-likeness (QED) is 0.868. The van der Waals surface area contributed by atoms with Gasteiger partial charge < -0.3 is 5.32 Å². The predicted octanol–water partition coefficient (Wildman–Crippen LogP) is 2.24. The predicted molar refractivity (Wildman–Crippen MR) is 77.7 cm³/mol. The average Bonchev–Trinajstić information content (AvgIpc) is 3.05. The minimum atomic E-state index is -0.437. The van der Waals surface area contributed by atoms with E-state index in [0.29, 0.717) is 0 Å². The van der Waals surface area contributed by atoms with Gasteiger partial charge in [0.25, 0.3) is 5.91 Å². The summed E-state index contributed by atoms with van der Waals surface area (Å²) in [5.41, 5.74) is 0.974. The van der Waals surface area contributed by atoms with Crippen molar-refractivity contribution in [1.29, 1.82) is 0 Å². The number of imide groups is 1. The van der Waals surface area contributed by atoms with Gasteiger partial charge in [0, 0.05) is 10.9 Å². The minimum absolute atomic E-state index is 0.0376. The first kappa shape index (κ1) is 13.5. The molecule has 2 aliphatic rings. The van der Waals surface area contributed by atoms with Crippen LogP contribution in [0.4, 0.5) is 5.13 Å². The Morgan fingerprint density at radius 3 is 2.55 bits per heavy atom. The molecular weight excluding hydrogens is 274 g/mol. The molecule has 108 valence electrons. The second kappa shape index (κ2) is 5.16. The van der Waals surface area contributed by atoms with Crippen molar-refractivity contribution in [2.24, 2.45) is 0 Å². The SMILES string of the molecule is Cc1nc(NC2CC(=O)N(C3CCCC3)C2=O)sc1C. The second-order valence-electron chi connectivity index (χ2n) is 5.60. The van der Waals surface area contributed by atoms with Crippen molar-refractivity contribution in [3.8, 4) is 0 Å². The van der Waals surface area contributed by atoms with Crippen LogP contribution in [0, 0.1) is 13.8 Å². The molecule has 3 rings (SSSR count). The van der Waals surface area contributed by atoms with Crippen LogP contribution in [0.2, 0.25) is 0 Å². The third kappa shape index (κ3) is 2.32. The molecule has 5 nitrogen and oxygen atoms in total. The van der Waals surface area contributed by atoms with Gasteiger partial charge in [-0.2, -0.15) is 0 Å². The van der Waals surface area contributed by atoms with Crippen molar-refractivity contribution in [3.63, 3.8) is 0 Å². The summed E-state index contributed by atoms with van der Waals surface area (Å²) in [6.07, 6.45) is 4.40. The standard InChI is InChI=1S/C14H19N3O2S/c1-8-9(2)20-14(15-8)16-11-7-12(18)17(13(11)19)10-5-3-4-6-10/h10-11H,3-7H2,1-2H3,(H,15,16). The van der Waals surface area contributed by atoms with Crippen molar-refractivity contribution < 1.29 is 9.59 Å². The Morgan fingerprint density at radius 1 is 1.25 bits per heavy atom. The fourth-order valence-electron chi connectivity index (χ4n) is 2.99. The number of aryl methyl sites for hydroxylation is 2. The summed E-state index contributed by atoms with van der Waals surface area (Å²) in [7, 11) is 0. The molecule has 1 aliphatic heterocycles. The molecule has 1 saturated carbocycles. The first-order chi connectivity index (χ1) is 9.56. The normalized spacial score (nSPS) is 23.9. The number of hydrogen-bond donors (Lipinski definition) is 1. The third-order valence-electron chi connectivity index (χ3n) is 4.20. The monoisotopic (exact) mass is 293 g/mol. The van der Waals surface area contributed by atoms with Gasteiger partial charge in [-0.05, 0) is 26.7 Å². The lowest BCUT2D eigenvalue weighted by atomic mass is 10.2. The van der Waals surface area contributed by atoms with Gasteiger partial charge >= 0.3 is 0 Å². The Bertz CT molecular complexity index is 529.